The molecule has 0 bridgehead atoms. The van der Waals surface area contributed by atoms with E-state index in [4.69, 9.17) is 14.2 Å². The van der Waals surface area contributed by atoms with E-state index in [-0.39, 0.29) is 25.6 Å². The number of hydrogen-bond donors (Lipinski definition) is 1. The quantitative estimate of drug-likeness (QED) is 0.454. The number of esters is 2. The van der Waals surface area contributed by atoms with E-state index in [0.717, 1.165) is 25.7 Å². The first-order chi connectivity index (χ1) is 14.2. The lowest BCUT2D eigenvalue weighted by molar-refractivity contribution is -0.159. The summed E-state index contributed by atoms with van der Waals surface area (Å²) in [5.74, 6) is -1.67. The SMILES string of the molecule is CCOC(=O)CN(C(=O)C[C@H](NC(=O)OC(C)(C)C)C(=O)OC(C)(C)C)C1CCCC1. The summed E-state index contributed by atoms with van der Waals surface area (Å²) in [4.78, 5) is 51.6. The van der Waals surface area contributed by atoms with Crippen molar-refractivity contribution in [3.63, 3.8) is 0 Å². The van der Waals surface area contributed by atoms with Gasteiger partial charge in [-0.2, -0.15) is 0 Å². The molecule has 1 aliphatic rings. The zero-order valence-corrected chi connectivity index (χ0v) is 19.9. The minimum atomic E-state index is -1.24. The van der Waals surface area contributed by atoms with Gasteiger partial charge in [-0.1, -0.05) is 12.8 Å². The van der Waals surface area contributed by atoms with Crippen LogP contribution >= 0.6 is 0 Å². The van der Waals surface area contributed by atoms with Gasteiger partial charge in [0.25, 0.3) is 0 Å². The Morgan fingerprint density at radius 2 is 1.52 bits per heavy atom. The van der Waals surface area contributed by atoms with Crippen molar-refractivity contribution in [2.24, 2.45) is 0 Å². The number of carbonyl (C=O) groups excluding carboxylic acids is 4. The average molecular weight is 443 g/mol. The van der Waals surface area contributed by atoms with Crippen molar-refractivity contribution in [3.05, 3.63) is 0 Å². The predicted octanol–water partition coefficient (Wildman–Crippen LogP) is 2.95. The minimum absolute atomic E-state index is 0.0993. The van der Waals surface area contributed by atoms with Crippen molar-refractivity contribution < 1.29 is 33.4 Å². The van der Waals surface area contributed by atoms with Crippen molar-refractivity contribution in [2.75, 3.05) is 13.2 Å². The number of carbonyl (C=O) groups is 4. The molecule has 0 unspecified atom stereocenters. The number of nitrogens with one attached hydrogen (secondary N) is 1. The minimum Gasteiger partial charge on any atom is -0.465 e. The van der Waals surface area contributed by atoms with Gasteiger partial charge in [-0.25, -0.2) is 9.59 Å². The second kappa shape index (κ2) is 11.3. The van der Waals surface area contributed by atoms with Gasteiger partial charge < -0.3 is 24.4 Å². The Morgan fingerprint density at radius 3 is 2.00 bits per heavy atom. The maximum Gasteiger partial charge on any atom is 0.408 e. The molecule has 1 N–H and O–H groups in total. The second-order valence-corrected chi connectivity index (χ2v) is 9.70. The molecule has 178 valence electrons. The van der Waals surface area contributed by atoms with Crippen LogP contribution in [0.2, 0.25) is 0 Å². The summed E-state index contributed by atoms with van der Waals surface area (Å²) in [5, 5.41) is 2.45. The van der Waals surface area contributed by atoms with Crippen LogP contribution in [0, 0.1) is 0 Å². The molecule has 1 rings (SSSR count). The van der Waals surface area contributed by atoms with Crippen LogP contribution in [0.15, 0.2) is 0 Å². The van der Waals surface area contributed by atoms with Crippen LogP contribution in [-0.4, -0.2) is 65.3 Å². The van der Waals surface area contributed by atoms with Crippen LogP contribution in [0.25, 0.3) is 0 Å². The van der Waals surface area contributed by atoms with Crippen LogP contribution in [0.1, 0.15) is 80.6 Å². The highest BCUT2D eigenvalue weighted by Crippen LogP contribution is 2.24. The molecule has 0 aromatic carbocycles. The zero-order chi connectivity index (χ0) is 23.8. The van der Waals surface area contributed by atoms with Gasteiger partial charge in [0, 0.05) is 6.04 Å². The van der Waals surface area contributed by atoms with Gasteiger partial charge in [0.15, 0.2) is 0 Å². The van der Waals surface area contributed by atoms with Gasteiger partial charge in [-0.15, -0.1) is 0 Å². The molecule has 1 fully saturated rings. The lowest BCUT2D eigenvalue weighted by Crippen LogP contribution is -2.50. The fraction of sp³-hybridized carbons (Fsp3) is 0.818. The first-order valence-electron chi connectivity index (χ1n) is 10.9. The molecular formula is C22H38N2O7. The summed E-state index contributed by atoms with van der Waals surface area (Å²) in [6, 6.07) is -1.34. The number of amides is 2. The average Bonchev–Trinajstić information content (AvgIpc) is 3.10. The summed E-state index contributed by atoms with van der Waals surface area (Å²) in [6.07, 6.45) is 2.31. The lowest BCUT2D eigenvalue weighted by atomic mass is 10.1. The fourth-order valence-electron chi connectivity index (χ4n) is 3.29. The van der Waals surface area contributed by atoms with E-state index in [0.29, 0.717) is 0 Å². The highest BCUT2D eigenvalue weighted by atomic mass is 16.6. The second-order valence-electron chi connectivity index (χ2n) is 9.70. The third kappa shape index (κ3) is 10.5. The number of ether oxygens (including phenoxy) is 3. The van der Waals surface area contributed by atoms with Crippen LogP contribution in [-0.2, 0) is 28.6 Å². The summed E-state index contributed by atoms with van der Waals surface area (Å²) >= 11 is 0. The topological polar surface area (TPSA) is 111 Å². The molecule has 9 nitrogen and oxygen atoms in total. The van der Waals surface area contributed by atoms with E-state index in [2.05, 4.69) is 5.32 Å². The van der Waals surface area contributed by atoms with Crippen molar-refractivity contribution in [2.45, 2.75) is 104 Å². The molecule has 0 aromatic heterocycles. The van der Waals surface area contributed by atoms with Gasteiger partial charge in [0.2, 0.25) is 5.91 Å². The van der Waals surface area contributed by atoms with Crippen LogP contribution in [0.4, 0.5) is 4.79 Å². The van der Waals surface area contributed by atoms with Crippen molar-refractivity contribution in [3.8, 4) is 0 Å². The van der Waals surface area contributed by atoms with Gasteiger partial charge in [0.05, 0.1) is 13.0 Å². The highest BCUT2D eigenvalue weighted by molar-refractivity contribution is 5.89. The largest absolute Gasteiger partial charge is 0.465 e. The number of nitrogens with zero attached hydrogens (tertiary/aromatic N) is 1. The Balaban J connectivity index is 3.00. The van der Waals surface area contributed by atoms with Crippen LogP contribution in [0.5, 0.6) is 0 Å². The highest BCUT2D eigenvalue weighted by Gasteiger charge is 2.35. The monoisotopic (exact) mass is 442 g/mol. The third-order valence-electron chi connectivity index (χ3n) is 4.45. The summed E-state index contributed by atoms with van der Waals surface area (Å²) < 4.78 is 15.6. The Kier molecular flexibility index (Phi) is 9.77. The Hall–Kier alpha value is -2.32. The first kappa shape index (κ1) is 26.7. The van der Waals surface area contributed by atoms with Crippen molar-refractivity contribution in [1.29, 1.82) is 0 Å². The van der Waals surface area contributed by atoms with Gasteiger partial charge in [-0.3, -0.25) is 9.59 Å². The number of alkyl carbamates (subject to hydrolysis) is 1. The predicted molar refractivity (Wildman–Crippen MR) is 114 cm³/mol. The maximum absolute atomic E-state index is 13.1. The number of hydrogen-bond acceptors (Lipinski definition) is 7. The third-order valence-corrected chi connectivity index (χ3v) is 4.45. The van der Waals surface area contributed by atoms with Gasteiger partial charge >= 0.3 is 18.0 Å². The van der Waals surface area contributed by atoms with E-state index in [1.54, 1.807) is 48.5 Å². The van der Waals surface area contributed by atoms with Gasteiger partial charge in [-0.05, 0) is 61.3 Å². The smallest absolute Gasteiger partial charge is 0.408 e. The van der Waals surface area contributed by atoms with Crippen LogP contribution in [0.3, 0.4) is 0 Å². The summed E-state index contributed by atoms with van der Waals surface area (Å²) in [7, 11) is 0. The normalized spacial score (nSPS) is 15.7. The van der Waals surface area contributed by atoms with E-state index in [1.807, 2.05) is 0 Å². The van der Waals surface area contributed by atoms with Crippen molar-refractivity contribution in [1.82, 2.24) is 10.2 Å². The molecule has 0 aromatic rings. The fourth-order valence-corrected chi connectivity index (χ4v) is 3.29. The first-order valence-corrected chi connectivity index (χ1v) is 10.9. The van der Waals surface area contributed by atoms with E-state index in [9.17, 15) is 19.2 Å². The molecule has 2 amide bonds. The Bertz CT molecular complexity index is 643. The standard InChI is InChI=1S/C22H38N2O7/c1-8-29-18(26)14-24(15-11-9-10-12-15)17(25)13-16(19(27)30-21(2,3)4)23-20(28)31-22(5,6)7/h15-16H,8-14H2,1-7H3,(H,23,28)/t16-/m0/s1. The molecule has 0 radical (unpaired) electrons. The van der Waals surface area contributed by atoms with Crippen molar-refractivity contribution >= 4 is 23.9 Å². The van der Waals surface area contributed by atoms with Gasteiger partial charge in [0.1, 0.15) is 23.8 Å². The van der Waals surface area contributed by atoms with Crippen LogP contribution < -0.4 is 5.32 Å². The molecule has 1 atom stereocenters. The molecule has 1 aliphatic carbocycles. The van der Waals surface area contributed by atoms with E-state index >= 15 is 0 Å². The Morgan fingerprint density at radius 1 is 0.968 bits per heavy atom. The molecular weight excluding hydrogens is 404 g/mol. The molecule has 0 heterocycles. The lowest BCUT2D eigenvalue weighted by Gasteiger charge is -2.30. The molecule has 31 heavy (non-hydrogen) atoms. The molecule has 0 saturated heterocycles. The Labute approximate surface area is 185 Å². The summed E-state index contributed by atoms with van der Waals surface area (Å²) in [6.45, 7) is 11.9. The maximum atomic E-state index is 13.1. The molecule has 1 saturated carbocycles. The number of rotatable bonds is 8. The van der Waals surface area contributed by atoms with E-state index in [1.165, 1.54) is 4.90 Å². The van der Waals surface area contributed by atoms with E-state index < -0.39 is 41.2 Å². The molecule has 9 heteroatoms. The zero-order valence-electron chi connectivity index (χ0n) is 19.9. The molecule has 0 aliphatic heterocycles. The summed E-state index contributed by atoms with van der Waals surface area (Å²) in [5.41, 5.74) is -1.57. The molecule has 0 spiro atoms.